The summed E-state index contributed by atoms with van der Waals surface area (Å²) in [5.41, 5.74) is 13.6. The van der Waals surface area contributed by atoms with Crippen molar-refractivity contribution in [2.24, 2.45) is 11.5 Å². The zero-order valence-electron chi connectivity index (χ0n) is 17.9. The fourth-order valence-electron chi connectivity index (χ4n) is 3.89. The highest BCUT2D eigenvalue weighted by atomic mass is 32.1. The van der Waals surface area contributed by atoms with Crippen LogP contribution in [0.1, 0.15) is 53.6 Å². The van der Waals surface area contributed by atoms with Crippen molar-refractivity contribution in [1.29, 1.82) is 0 Å². The van der Waals surface area contributed by atoms with Crippen LogP contribution in [-0.2, 0) is 4.79 Å². The number of carbonyl (C=O) groups is 3. The molecule has 1 saturated carbocycles. The summed E-state index contributed by atoms with van der Waals surface area (Å²) in [6, 6.07) is 6.37. The molecule has 0 saturated heterocycles. The maximum Gasteiger partial charge on any atom is 0.321 e. The van der Waals surface area contributed by atoms with Gasteiger partial charge in [0, 0.05) is 10.9 Å². The molecule has 0 bridgehead atoms. The molecule has 3 amide bonds. The Hall–Kier alpha value is -3.17. The second-order valence-corrected chi connectivity index (χ2v) is 9.01. The van der Waals surface area contributed by atoms with E-state index in [4.69, 9.17) is 11.5 Å². The largest absolute Gasteiger partial charge is 0.480 e. The third kappa shape index (κ3) is 5.95. The van der Waals surface area contributed by atoms with E-state index in [9.17, 15) is 19.5 Å². The Balaban J connectivity index is 1.72. The molecule has 1 aromatic carbocycles. The quantitative estimate of drug-likeness (QED) is 0.390. The van der Waals surface area contributed by atoms with Crippen molar-refractivity contribution in [3.8, 4) is 10.4 Å². The summed E-state index contributed by atoms with van der Waals surface area (Å²) in [5.74, 6) is -1.48. The molecule has 32 heavy (non-hydrogen) atoms. The molecule has 0 unspecified atom stereocenters. The zero-order valence-corrected chi connectivity index (χ0v) is 18.7. The van der Waals surface area contributed by atoms with Crippen molar-refractivity contribution in [1.82, 2.24) is 5.32 Å². The van der Waals surface area contributed by atoms with E-state index in [1.54, 1.807) is 6.07 Å². The molecule has 0 radical (unpaired) electrons. The Bertz CT molecular complexity index is 1040. The van der Waals surface area contributed by atoms with Gasteiger partial charge in [-0.3, -0.25) is 14.9 Å². The van der Waals surface area contributed by atoms with E-state index >= 15 is 0 Å². The number of thiophene rings is 1. The smallest absolute Gasteiger partial charge is 0.321 e. The van der Waals surface area contributed by atoms with E-state index in [1.807, 2.05) is 37.3 Å². The van der Waals surface area contributed by atoms with Gasteiger partial charge in [-0.2, -0.15) is 0 Å². The van der Waals surface area contributed by atoms with Gasteiger partial charge in [-0.05, 0) is 48.9 Å². The molecule has 0 spiro atoms. The van der Waals surface area contributed by atoms with E-state index < -0.39 is 23.9 Å². The van der Waals surface area contributed by atoms with Gasteiger partial charge in [-0.25, -0.2) is 4.79 Å². The third-order valence-electron chi connectivity index (χ3n) is 5.55. The fraction of sp³-hybridized carbons (Fsp3) is 0.348. The highest BCUT2D eigenvalue weighted by Crippen LogP contribution is 2.36. The number of aliphatic carboxylic acids is 1. The van der Waals surface area contributed by atoms with Gasteiger partial charge in [0.05, 0.1) is 5.56 Å². The Morgan fingerprint density at radius 1 is 1.22 bits per heavy atom. The first-order valence-corrected chi connectivity index (χ1v) is 11.3. The molecule has 8 nitrogen and oxygen atoms in total. The van der Waals surface area contributed by atoms with Crippen LogP contribution in [0.25, 0.3) is 16.5 Å². The number of carboxylic acid groups (broad SMARTS) is 1. The molecule has 9 heteroatoms. The predicted molar refractivity (Wildman–Crippen MR) is 127 cm³/mol. The molecular weight excluding hydrogens is 428 g/mol. The van der Waals surface area contributed by atoms with Crippen LogP contribution in [0.3, 0.4) is 0 Å². The first-order valence-electron chi connectivity index (χ1n) is 10.5. The van der Waals surface area contributed by atoms with Crippen LogP contribution >= 0.6 is 11.3 Å². The van der Waals surface area contributed by atoms with Crippen LogP contribution < -0.4 is 22.1 Å². The first kappa shape index (κ1) is 23.5. The number of hydrogen-bond acceptors (Lipinski definition) is 5. The second kappa shape index (κ2) is 10.4. The summed E-state index contributed by atoms with van der Waals surface area (Å²) in [7, 11) is 0. The highest BCUT2D eigenvalue weighted by Gasteiger charge is 2.22. The molecule has 2 aromatic rings. The number of aryl methyl sites for hydroxylation is 1. The van der Waals surface area contributed by atoms with Crippen molar-refractivity contribution < 1.29 is 19.5 Å². The average molecular weight is 457 g/mol. The van der Waals surface area contributed by atoms with Crippen molar-refractivity contribution in [2.75, 3.05) is 5.32 Å². The Kier molecular flexibility index (Phi) is 7.66. The van der Waals surface area contributed by atoms with E-state index in [1.165, 1.54) is 11.3 Å². The highest BCUT2D eigenvalue weighted by molar-refractivity contribution is 7.20. The van der Waals surface area contributed by atoms with E-state index in [-0.39, 0.29) is 11.6 Å². The number of anilines is 1. The molecule has 7 N–H and O–H groups in total. The summed E-state index contributed by atoms with van der Waals surface area (Å²) >= 11 is 1.22. The van der Waals surface area contributed by atoms with Crippen molar-refractivity contribution in [3.63, 3.8) is 0 Å². The molecule has 1 aliphatic rings. The van der Waals surface area contributed by atoms with Crippen molar-refractivity contribution in [3.05, 3.63) is 47.0 Å². The number of hydrogen-bond donors (Lipinski definition) is 5. The maximum atomic E-state index is 11.7. The molecule has 170 valence electrons. The van der Waals surface area contributed by atoms with Crippen LogP contribution in [0.15, 0.2) is 30.3 Å². The van der Waals surface area contributed by atoms with Gasteiger partial charge in [0.2, 0.25) is 0 Å². The summed E-state index contributed by atoms with van der Waals surface area (Å²) in [6.45, 7) is 1.96. The molecule has 0 aliphatic heterocycles. The van der Waals surface area contributed by atoms with Gasteiger partial charge >= 0.3 is 12.0 Å². The number of benzene rings is 1. The Labute approximate surface area is 190 Å². The molecular formula is C23H28N4O4S. The number of rotatable bonds is 9. The summed E-state index contributed by atoms with van der Waals surface area (Å²) in [4.78, 5) is 35.2. The number of nitrogens with two attached hydrogens (primary N) is 2. The van der Waals surface area contributed by atoms with E-state index in [2.05, 4.69) is 10.6 Å². The lowest BCUT2D eigenvalue weighted by atomic mass is 10.0. The van der Waals surface area contributed by atoms with E-state index in [0.29, 0.717) is 11.4 Å². The van der Waals surface area contributed by atoms with Gasteiger partial charge in [0.25, 0.3) is 5.91 Å². The number of primary amides is 2. The summed E-state index contributed by atoms with van der Waals surface area (Å²) in [6.07, 6.45) is 8.58. The van der Waals surface area contributed by atoms with Gasteiger partial charge in [0.1, 0.15) is 11.0 Å². The average Bonchev–Trinajstić information content (AvgIpc) is 3.37. The summed E-state index contributed by atoms with van der Waals surface area (Å²) < 4.78 is 0. The van der Waals surface area contributed by atoms with Crippen molar-refractivity contribution >= 4 is 40.3 Å². The monoisotopic (exact) mass is 456 g/mol. The van der Waals surface area contributed by atoms with Crippen molar-refractivity contribution in [2.45, 2.75) is 51.1 Å². The number of urea groups is 1. The predicted octanol–water partition coefficient (Wildman–Crippen LogP) is 3.70. The standard InChI is InChI=1S/C23H28N4O4S/c1-13-11-15(19-12-17(20(24)28)21(32-19)27-23(25)31)10-9-14(13)5-4-8-18(22(29)30)26-16-6-2-3-7-16/h4-5,9-12,16,18,26H,2-3,6-8H2,1H3,(H2,24,28)(H,29,30)(H3,25,27,31)/t18-/m0/s1. The number of nitrogens with one attached hydrogen (secondary N) is 2. The first-order chi connectivity index (χ1) is 15.2. The fourth-order valence-corrected chi connectivity index (χ4v) is 4.95. The molecule has 3 rings (SSSR count). The number of carboxylic acids is 1. The second-order valence-electron chi connectivity index (χ2n) is 7.96. The van der Waals surface area contributed by atoms with Gasteiger partial charge < -0.3 is 21.9 Å². The van der Waals surface area contributed by atoms with Gasteiger partial charge in [-0.15, -0.1) is 11.3 Å². The maximum absolute atomic E-state index is 11.7. The van der Waals surface area contributed by atoms with Crippen LogP contribution in [0.2, 0.25) is 0 Å². The molecule has 1 aliphatic carbocycles. The SMILES string of the molecule is Cc1cc(-c2cc(C(N)=O)c(NC(N)=O)s2)ccc1C=CC[C@H](NC1CCCC1)C(=O)O. The minimum absolute atomic E-state index is 0.208. The minimum Gasteiger partial charge on any atom is -0.480 e. The topological polar surface area (TPSA) is 148 Å². The lowest BCUT2D eigenvalue weighted by Crippen LogP contribution is -2.41. The minimum atomic E-state index is -0.836. The lowest BCUT2D eigenvalue weighted by Gasteiger charge is -2.18. The third-order valence-corrected chi connectivity index (χ3v) is 6.65. The van der Waals surface area contributed by atoms with Crippen LogP contribution in [0.5, 0.6) is 0 Å². The lowest BCUT2D eigenvalue weighted by molar-refractivity contribution is -0.139. The molecule has 1 heterocycles. The van der Waals surface area contributed by atoms with Gasteiger partial charge in [0.15, 0.2) is 0 Å². The van der Waals surface area contributed by atoms with E-state index in [0.717, 1.165) is 47.3 Å². The van der Waals surface area contributed by atoms with Gasteiger partial charge in [-0.1, -0.05) is 43.2 Å². The Morgan fingerprint density at radius 2 is 1.94 bits per heavy atom. The Morgan fingerprint density at radius 3 is 2.53 bits per heavy atom. The van der Waals surface area contributed by atoms with Crippen LogP contribution in [0.4, 0.5) is 9.80 Å². The normalized spacial score (nSPS) is 15.2. The molecule has 1 fully saturated rings. The molecule has 1 aromatic heterocycles. The van der Waals surface area contributed by atoms with Crippen LogP contribution in [0, 0.1) is 6.92 Å². The zero-order chi connectivity index (χ0) is 23.3. The summed E-state index contributed by atoms with van der Waals surface area (Å²) in [5, 5.41) is 15.5. The number of amides is 3. The molecule has 1 atom stereocenters. The number of carbonyl (C=O) groups excluding carboxylic acids is 2. The van der Waals surface area contributed by atoms with Crippen LogP contribution in [-0.4, -0.2) is 35.1 Å².